The summed E-state index contributed by atoms with van der Waals surface area (Å²) in [7, 11) is 0. The van der Waals surface area contributed by atoms with Crippen molar-refractivity contribution in [3.63, 3.8) is 0 Å². The van der Waals surface area contributed by atoms with Crippen molar-refractivity contribution in [2.24, 2.45) is 0 Å². The smallest absolute Gasteiger partial charge is 0.130 e. The van der Waals surface area contributed by atoms with Gasteiger partial charge in [0.15, 0.2) is 0 Å². The first-order valence-corrected chi connectivity index (χ1v) is 8.77. The average Bonchev–Trinajstić information content (AvgIpc) is 2.68. The van der Waals surface area contributed by atoms with E-state index in [4.69, 9.17) is 5.32 Å². The van der Waals surface area contributed by atoms with Crippen LogP contribution in [-0.4, -0.2) is 30.7 Å². The second kappa shape index (κ2) is 6.74. The number of aromatic nitrogens is 1. The quantitative estimate of drug-likeness (QED) is 0.785. The van der Waals surface area contributed by atoms with Crippen LogP contribution in [0.2, 0.25) is 0 Å². The first-order valence-electron chi connectivity index (χ1n) is 8.77. The van der Waals surface area contributed by atoms with Gasteiger partial charge in [0, 0.05) is 42.7 Å². The van der Waals surface area contributed by atoms with Crippen LogP contribution in [0, 0.1) is 11.6 Å². The Morgan fingerprint density at radius 3 is 2.77 bits per heavy atom. The molecule has 0 aliphatic carbocycles. The van der Waals surface area contributed by atoms with Gasteiger partial charge in [-0.2, -0.15) is 0 Å². The molecule has 2 aromatic carbocycles. The van der Waals surface area contributed by atoms with Gasteiger partial charge in [0.1, 0.15) is 11.6 Å². The standard InChI is InChI=1S/C21H20F2N3/c1-21(20-13-24-9-10-26-20,17-7-6-16(22)12-18(17)23)15-5-4-14-3-2-8-25-19(14)11-15/h2-8,11-12,20,24H,9-10,13H2,1H3. The summed E-state index contributed by atoms with van der Waals surface area (Å²) < 4.78 is 28.3. The Hall–Kier alpha value is -2.37. The largest absolute Gasteiger partial charge is 0.314 e. The Kier molecular flexibility index (Phi) is 4.42. The summed E-state index contributed by atoms with van der Waals surface area (Å²) in [6.07, 6.45) is 1.74. The first kappa shape index (κ1) is 17.1. The van der Waals surface area contributed by atoms with Crippen molar-refractivity contribution in [3.8, 4) is 0 Å². The van der Waals surface area contributed by atoms with E-state index in [1.165, 1.54) is 12.1 Å². The topological polar surface area (TPSA) is 39.0 Å². The molecular weight excluding hydrogens is 332 g/mol. The van der Waals surface area contributed by atoms with Crippen LogP contribution in [0.4, 0.5) is 8.78 Å². The fraction of sp³-hybridized carbons (Fsp3) is 0.286. The Bertz CT molecular complexity index is 937. The molecule has 1 N–H and O–H groups in total. The molecule has 4 rings (SSSR count). The minimum Gasteiger partial charge on any atom is -0.314 e. The molecule has 0 spiro atoms. The van der Waals surface area contributed by atoms with Crippen LogP contribution in [0.25, 0.3) is 10.9 Å². The highest BCUT2D eigenvalue weighted by molar-refractivity contribution is 5.79. The highest BCUT2D eigenvalue weighted by Crippen LogP contribution is 2.38. The lowest BCUT2D eigenvalue weighted by Crippen LogP contribution is -2.55. The van der Waals surface area contributed by atoms with Gasteiger partial charge in [-0.25, -0.2) is 14.1 Å². The van der Waals surface area contributed by atoms with Crippen LogP contribution in [0.1, 0.15) is 18.1 Å². The number of fused-ring (bicyclic) bond motifs is 1. The summed E-state index contributed by atoms with van der Waals surface area (Å²) in [4.78, 5) is 4.43. The molecule has 2 unspecified atom stereocenters. The van der Waals surface area contributed by atoms with E-state index in [9.17, 15) is 8.78 Å². The number of hydrogen-bond acceptors (Lipinski definition) is 2. The second-order valence-corrected chi connectivity index (χ2v) is 6.86. The van der Waals surface area contributed by atoms with Gasteiger partial charge in [-0.1, -0.05) is 24.3 Å². The zero-order valence-electron chi connectivity index (χ0n) is 14.5. The minimum atomic E-state index is -0.725. The fourth-order valence-electron chi connectivity index (χ4n) is 3.82. The van der Waals surface area contributed by atoms with Crippen molar-refractivity contribution < 1.29 is 8.78 Å². The van der Waals surface area contributed by atoms with E-state index >= 15 is 0 Å². The van der Waals surface area contributed by atoms with Crippen LogP contribution < -0.4 is 10.6 Å². The predicted molar refractivity (Wildman–Crippen MR) is 98.2 cm³/mol. The molecule has 1 aliphatic rings. The van der Waals surface area contributed by atoms with E-state index in [-0.39, 0.29) is 6.04 Å². The summed E-state index contributed by atoms with van der Waals surface area (Å²) in [6.45, 7) is 4.12. The summed E-state index contributed by atoms with van der Waals surface area (Å²) in [6, 6.07) is 13.5. The van der Waals surface area contributed by atoms with Gasteiger partial charge in [-0.15, -0.1) is 0 Å². The van der Waals surface area contributed by atoms with E-state index in [0.717, 1.165) is 29.1 Å². The molecule has 133 valence electrons. The third-order valence-corrected chi connectivity index (χ3v) is 5.34. The van der Waals surface area contributed by atoms with Crippen LogP contribution in [-0.2, 0) is 5.41 Å². The number of pyridine rings is 1. The van der Waals surface area contributed by atoms with Gasteiger partial charge in [-0.3, -0.25) is 4.98 Å². The molecule has 1 saturated heterocycles. The summed E-state index contributed by atoms with van der Waals surface area (Å²) in [5, 5.41) is 9.12. The van der Waals surface area contributed by atoms with Crippen LogP contribution in [0.3, 0.4) is 0 Å². The highest BCUT2D eigenvalue weighted by atomic mass is 19.1. The summed E-state index contributed by atoms with van der Waals surface area (Å²) >= 11 is 0. The number of benzene rings is 2. The normalized spacial score (nSPS) is 20.0. The van der Waals surface area contributed by atoms with Crippen molar-refractivity contribution in [1.29, 1.82) is 0 Å². The van der Waals surface area contributed by atoms with Crippen LogP contribution in [0.5, 0.6) is 0 Å². The van der Waals surface area contributed by atoms with Gasteiger partial charge in [0.2, 0.25) is 0 Å². The Morgan fingerprint density at radius 2 is 2.00 bits per heavy atom. The molecule has 2 heterocycles. The van der Waals surface area contributed by atoms with Crippen molar-refractivity contribution in [2.45, 2.75) is 18.4 Å². The Morgan fingerprint density at radius 1 is 1.12 bits per heavy atom. The predicted octanol–water partition coefficient (Wildman–Crippen LogP) is 3.40. The maximum Gasteiger partial charge on any atom is 0.130 e. The molecule has 0 amide bonds. The Labute approximate surface area is 151 Å². The molecule has 0 bridgehead atoms. The average molecular weight is 352 g/mol. The maximum atomic E-state index is 14.8. The Balaban J connectivity index is 1.91. The number of rotatable bonds is 3. The zero-order valence-corrected chi connectivity index (χ0v) is 14.5. The number of nitrogens with zero attached hydrogens (tertiary/aromatic N) is 2. The van der Waals surface area contributed by atoms with Crippen molar-refractivity contribution in [2.75, 3.05) is 19.6 Å². The van der Waals surface area contributed by atoms with Gasteiger partial charge in [0.25, 0.3) is 0 Å². The maximum absolute atomic E-state index is 14.8. The monoisotopic (exact) mass is 352 g/mol. The molecule has 1 radical (unpaired) electrons. The molecule has 1 fully saturated rings. The van der Waals surface area contributed by atoms with Crippen LogP contribution in [0.15, 0.2) is 54.7 Å². The lowest BCUT2D eigenvalue weighted by Gasteiger charge is -2.41. The number of hydrogen-bond donors (Lipinski definition) is 1. The van der Waals surface area contributed by atoms with Crippen molar-refractivity contribution >= 4 is 10.9 Å². The molecule has 1 aromatic heterocycles. The summed E-state index contributed by atoms with van der Waals surface area (Å²) in [5.74, 6) is -1.12. The number of piperazine rings is 1. The van der Waals surface area contributed by atoms with Gasteiger partial charge < -0.3 is 5.32 Å². The third kappa shape index (κ3) is 2.87. The molecule has 1 aliphatic heterocycles. The van der Waals surface area contributed by atoms with Crippen LogP contribution >= 0.6 is 0 Å². The van der Waals surface area contributed by atoms with E-state index in [2.05, 4.69) is 10.3 Å². The zero-order chi connectivity index (χ0) is 18.1. The van der Waals surface area contributed by atoms with Gasteiger partial charge in [0.05, 0.1) is 11.6 Å². The van der Waals surface area contributed by atoms with Gasteiger partial charge >= 0.3 is 0 Å². The molecule has 5 heteroatoms. The minimum absolute atomic E-state index is 0.155. The molecule has 26 heavy (non-hydrogen) atoms. The van der Waals surface area contributed by atoms with Crippen molar-refractivity contribution in [3.05, 3.63) is 77.5 Å². The molecule has 3 nitrogen and oxygen atoms in total. The SMILES string of the molecule is CC(c1ccc2cccnc2c1)(c1ccc(F)cc1F)C1CNCC[N]1. The van der Waals surface area contributed by atoms with Gasteiger partial charge in [-0.05, 0) is 36.2 Å². The van der Waals surface area contributed by atoms with E-state index in [1.807, 2.05) is 37.3 Å². The summed E-state index contributed by atoms with van der Waals surface area (Å²) in [5.41, 5.74) is 1.50. The third-order valence-electron chi connectivity index (χ3n) is 5.34. The molecular formula is C21H20F2N3. The van der Waals surface area contributed by atoms with E-state index in [1.54, 1.807) is 6.20 Å². The number of nitrogens with one attached hydrogen (secondary N) is 1. The lowest BCUT2D eigenvalue weighted by molar-refractivity contribution is 0.303. The second-order valence-electron chi connectivity index (χ2n) is 6.86. The molecule has 3 aromatic rings. The lowest BCUT2D eigenvalue weighted by atomic mass is 9.69. The van der Waals surface area contributed by atoms with E-state index < -0.39 is 17.0 Å². The fourth-order valence-corrected chi connectivity index (χ4v) is 3.82. The highest BCUT2D eigenvalue weighted by Gasteiger charge is 2.41. The molecule has 2 atom stereocenters. The van der Waals surface area contributed by atoms with Crippen molar-refractivity contribution in [1.82, 2.24) is 15.6 Å². The molecule has 0 saturated carbocycles. The van der Waals surface area contributed by atoms with E-state index in [0.29, 0.717) is 18.7 Å². The number of halogens is 2. The first-order chi connectivity index (χ1) is 12.6.